The summed E-state index contributed by atoms with van der Waals surface area (Å²) in [5.74, 6) is -1.33. The summed E-state index contributed by atoms with van der Waals surface area (Å²) in [6, 6.07) is 0. The van der Waals surface area contributed by atoms with Gasteiger partial charge in [0.25, 0.3) is 0 Å². The fourth-order valence-electron chi connectivity index (χ4n) is 1.99. The van der Waals surface area contributed by atoms with Crippen molar-refractivity contribution in [2.45, 2.75) is 64.5 Å². The summed E-state index contributed by atoms with van der Waals surface area (Å²) in [5, 5.41) is 9.90. The van der Waals surface area contributed by atoms with Gasteiger partial charge in [-0.1, -0.05) is 27.2 Å². The molecule has 0 aromatic heterocycles. The highest BCUT2D eigenvalue weighted by Gasteiger charge is 2.43. The lowest BCUT2D eigenvalue weighted by atomic mass is 9.87. The van der Waals surface area contributed by atoms with Crippen molar-refractivity contribution in [1.82, 2.24) is 0 Å². The summed E-state index contributed by atoms with van der Waals surface area (Å²) >= 11 is 0. The van der Waals surface area contributed by atoms with Crippen molar-refractivity contribution in [2.24, 2.45) is 5.92 Å². The molecule has 4 unspecified atom stereocenters. The number of aliphatic hydroxyl groups is 1. The van der Waals surface area contributed by atoms with Crippen molar-refractivity contribution in [1.29, 1.82) is 0 Å². The average molecular weight is 204 g/mol. The molecule has 0 aliphatic carbocycles. The lowest BCUT2D eigenvalue weighted by Crippen LogP contribution is -2.49. The molecule has 1 saturated heterocycles. The Morgan fingerprint density at radius 1 is 1.50 bits per heavy atom. The second-order valence-electron chi connectivity index (χ2n) is 4.32. The van der Waals surface area contributed by atoms with E-state index in [2.05, 4.69) is 0 Å². The normalized spacial score (nSPS) is 43.9. The molecule has 0 spiro atoms. The monoisotopic (exact) mass is 204 g/mol. The Morgan fingerprint density at radius 3 is 2.64 bits per heavy atom. The van der Waals surface area contributed by atoms with Crippen LogP contribution in [-0.2, 0) is 4.74 Å². The van der Waals surface area contributed by atoms with Gasteiger partial charge in [0.15, 0.2) is 5.79 Å². The van der Waals surface area contributed by atoms with Crippen LogP contribution in [0.4, 0.5) is 4.39 Å². The molecule has 1 heterocycles. The second kappa shape index (κ2) is 4.58. The van der Waals surface area contributed by atoms with Crippen molar-refractivity contribution < 1.29 is 14.2 Å². The molecular weight excluding hydrogens is 183 g/mol. The van der Waals surface area contributed by atoms with Crippen molar-refractivity contribution in [3.8, 4) is 0 Å². The van der Waals surface area contributed by atoms with Crippen LogP contribution >= 0.6 is 0 Å². The maximum atomic E-state index is 13.6. The molecule has 3 heteroatoms. The van der Waals surface area contributed by atoms with E-state index in [1.165, 1.54) is 0 Å². The van der Waals surface area contributed by atoms with Crippen LogP contribution in [0.5, 0.6) is 0 Å². The fourth-order valence-corrected chi connectivity index (χ4v) is 1.99. The van der Waals surface area contributed by atoms with Gasteiger partial charge in [0.05, 0.1) is 6.10 Å². The van der Waals surface area contributed by atoms with E-state index in [9.17, 15) is 9.50 Å². The molecule has 1 aliphatic rings. The zero-order valence-corrected chi connectivity index (χ0v) is 9.29. The number of hydrogen-bond acceptors (Lipinski definition) is 2. The van der Waals surface area contributed by atoms with Gasteiger partial charge in [-0.2, -0.15) is 0 Å². The van der Waals surface area contributed by atoms with Crippen LogP contribution in [-0.4, -0.2) is 23.2 Å². The van der Waals surface area contributed by atoms with Crippen LogP contribution in [0.25, 0.3) is 0 Å². The third kappa shape index (κ3) is 2.45. The maximum Gasteiger partial charge on any atom is 0.168 e. The molecule has 1 rings (SSSR count). The van der Waals surface area contributed by atoms with Crippen molar-refractivity contribution in [3.63, 3.8) is 0 Å². The van der Waals surface area contributed by atoms with Gasteiger partial charge in [0, 0.05) is 12.3 Å². The molecule has 1 aliphatic heterocycles. The van der Waals surface area contributed by atoms with Gasteiger partial charge in [-0.3, -0.25) is 0 Å². The molecule has 0 radical (unpaired) electrons. The maximum absolute atomic E-state index is 13.6. The first kappa shape index (κ1) is 11.9. The van der Waals surface area contributed by atoms with E-state index in [0.29, 0.717) is 6.42 Å². The lowest BCUT2D eigenvalue weighted by Gasteiger charge is -2.42. The van der Waals surface area contributed by atoms with E-state index in [1.54, 1.807) is 0 Å². The highest BCUT2D eigenvalue weighted by atomic mass is 19.1. The van der Waals surface area contributed by atoms with Gasteiger partial charge in [-0.25, -0.2) is 4.39 Å². The van der Waals surface area contributed by atoms with Gasteiger partial charge in [-0.15, -0.1) is 0 Å². The first-order valence-electron chi connectivity index (χ1n) is 5.56. The van der Waals surface area contributed by atoms with Crippen LogP contribution in [0, 0.1) is 5.92 Å². The number of ether oxygens (including phenoxy) is 1. The number of alkyl halides is 1. The van der Waals surface area contributed by atoms with Crippen molar-refractivity contribution in [3.05, 3.63) is 0 Å². The highest BCUT2D eigenvalue weighted by Crippen LogP contribution is 2.36. The zero-order chi connectivity index (χ0) is 10.8. The standard InChI is InChI=1S/C11H21FO2/c1-4-6-10-8(3)9(12)7-11(13,5-2)14-10/h8-10,13H,4-7H2,1-3H3. The summed E-state index contributed by atoms with van der Waals surface area (Å²) < 4.78 is 19.2. The van der Waals surface area contributed by atoms with E-state index in [0.717, 1.165) is 12.8 Å². The molecule has 1 N–H and O–H groups in total. The summed E-state index contributed by atoms with van der Waals surface area (Å²) in [6.07, 6.45) is 1.29. The Hall–Kier alpha value is -0.150. The van der Waals surface area contributed by atoms with E-state index < -0.39 is 12.0 Å². The van der Waals surface area contributed by atoms with Gasteiger partial charge >= 0.3 is 0 Å². The minimum absolute atomic E-state index is 0.0956. The smallest absolute Gasteiger partial charge is 0.168 e. The quantitative estimate of drug-likeness (QED) is 0.765. The zero-order valence-electron chi connectivity index (χ0n) is 9.29. The summed E-state index contributed by atoms with van der Waals surface area (Å²) in [6.45, 7) is 5.73. The summed E-state index contributed by atoms with van der Waals surface area (Å²) in [4.78, 5) is 0. The third-order valence-electron chi connectivity index (χ3n) is 3.17. The molecule has 14 heavy (non-hydrogen) atoms. The van der Waals surface area contributed by atoms with Gasteiger partial charge in [0.1, 0.15) is 6.17 Å². The molecular formula is C11H21FO2. The third-order valence-corrected chi connectivity index (χ3v) is 3.17. The van der Waals surface area contributed by atoms with Crippen LogP contribution in [0.3, 0.4) is 0 Å². The topological polar surface area (TPSA) is 29.5 Å². The minimum atomic E-state index is -1.23. The second-order valence-corrected chi connectivity index (χ2v) is 4.32. The predicted octanol–water partition coefficient (Wildman–Crippen LogP) is 2.65. The molecule has 84 valence electrons. The Kier molecular flexibility index (Phi) is 3.90. The van der Waals surface area contributed by atoms with Gasteiger partial charge in [0.2, 0.25) is 0 Å². The minimum Gasteiger partial charge on any atom is -0.365 e. The molecule has 0 aromatic rings. The van der Waals surface area contributed by atoms with E-state index in [-0.39, 0.29) is 18.4 Å². The molecule has 0 bridgehead atoms. The summed E-state index contributed by atoms with van der Waals surface area (Å²) in [7, 11) is 0. The van der Waals surface area contributed by atoms with E-state index >= 15 is 0 Å². The number of rotatable bonds is 3. The number of halogens is 1. The van der Waals surface area contributed by atoms with Crippen LogP contribution < -0.4 is 0 Å². The predicted molar refractivity (Wildman–Crippen MR) is 53.7 cm³/mol. The largest absolute Gasteiger partial charge is 0.365 e. The SMILES string of the molecule is CCCC1OC(O)(CC)CC(F)C1C. The molecule has 4 atom stereocenters. The van der Waals surface area contributed by atoms with Crippen molar-refractivity contribution >= 4 is 0 Å². The van der Waals surface area contributed by atoms with E-state index in [4.69, 9.17) is 4.74 Å². The Balaban J connectivity index is 2.66. The van der Waals surface area contributed by atoms with Crippen LogP contribution in [0.15, 0.2) is 0 Å². The Bertz CT molecular complexity index is 186. The first-order valence-corrected chi connectivity index (χ1v) is 5.56. The lowest BCUT2D eigenvalue weighted by molar-refractivity contribution is -0.282. The van der Waals surface area contributed by atoms with Crippen molar-refractivity contribution in [2.75, 3.05) is 0 Å². The first-order chi connectivity index (χ1) is 6.52. The van der Waals surface area contributed by atoms with Gasteiger partial charge < -0.3 is 9.84 Å². The van der Waals surface area contributed by atoms with E-state index in [1.807, 2.05) is 20.8 Å². The Labute approximate surface area is 85.5 Å². The molecule has 0 saturated carbocycles. The molecule has 1 fully saturated rings. The fraction of sp³-hybridized carbons (Fsp3) is 1.00. The van der Waals surface area contributed by atoms with Crippen LogP contribution in [0.2, 0.25) is 0 Å². The Morgan fingerprint density at radius 2 is 2.14 bits per heavy atom. The summed E-state index contributed by atoms with van der Waals surface area (Å²) in [5.41, 5.74) is 0. The number of hydrogen-bond donors (Lipinski definition) is 1. The van der Waals surface area contributed by atoms with Gasteiger partial charge in [-0.05, 0) is 12.8 Å². The highest BCUT2D eigenvalue weighted by molar-refractivity contribution is 4.86. The average Bonchev–Trinajstić information content (AvgIpc) is 2.14. The van der Waals surface area contributed by atoms with Crippen LogP contribution in [0.1, 0.15) is 46.5 Å². The molecule has 0 amide bonds. The molecule has 0 aromatic carbocycles. The molecule has 2 nitrogen and oxygen atoms in total.